The minimum atomic E-state index is 0.201. The van der Waals surface area contributed by atoms with Crippen LogP contribution in [0.1, 0.15) is 24.8 Å². The van der Waals surface area contributed by atoms with E-state index < -0.39 is 0 Å². The fourth-order valence-corrected chi connectivity index (χ4v) is 3.88. The van der Waals surface area contributed by atoms with Gasteiger partial charge in [0.05, 0.1) is 6.61 Å². The molecule has 1 aliphatic heterocycles. The highest BCUT2D eigenvalue weighted by molar-refractivity contribution is 6.30. The molecule has 0 bridgehead atoms. The molecule has 0 amide bonds. The van der Waals surface area contributed by atoms with Crippen LogP contribution in [0.4, 0.5) is 0 Å². The van der Waals surface area contributed by atoms with Gasteiger partial charge in [0.1, 0.15) is 0 Å². The third-order valence-corrected chi connectivity index (χ3v) is 5.00. The summed E-state index contributed by atoms with van der Waals surface area (Å²) in [5, 5.41) is 10.5. The van der Waals surface area contributed by atoms with Gasteiger partial charge in [-0.2, -0.15) is 0 Å². The molecule has 1 saturated carbocycles. The number of benzene rings is 1. The van der Waals surface area contributed by atoms with E-state index in [0.717, 1.165) is 24.7 Å². The first-order chi connectivity index (χ1) is 8.72. The average molecular weight is 266 g/mol. The van der Waals surface area contributed by atoms with E-state index >= 15 is 0 Å². The van der Waals surface area contributed by atoms with E-state index in [0.29, 0.717) is 12.5 Å². The molecule has 2 atom stereocenters. The molecule has 1 N–H and O–H groups in total. The molecule has 3 rings (SSSR count). The second-order valence-corrected chi connectivity index (χ2v) is 6.34. The van der Waals surface area contributed by atoms with Gasteiger partial charge in [-0.1, -0.05) is 30.2 Å². The van der Waals surface area contributed by atoms with Crippen molar-refractivity contribution in [2.24, 2.45) is 11.3 Å². The summed E-state index contributed by atoms with van der Waals surface area (Å²) in [6.45, 7) is 3.53. The Morgan fingerprint density at radius 3 is 2.78 bits per heavy atom. The number of halogens is 1. The number of aliphatic hydroxyl groups excluding tert-OH is 1. The van der Waals surface area contributed by atoms with Gasteiger partial charge >= 0.3 is 0 Å². The lowest BCUT2D eigenvalue weighted by Crippen LogP contribution is -2.30. The van der Waals surface area contributed by atoms with Crippen molar-refractivity contribution in [3.05, 3.63) is 34.9 Å². The van der Waals surface area contributed by atoms with Crippen LogP contribution >= 0.6 is 11.6 Å². The van der Waals surface area contributed by atoms with Crippen LogP contribution in [0.15, 0.2) is 24.3 Å². The van der Waals surface area contributed by atoms with Gasteiger partial charge in [-0.3, -0.25) is 4.90 Å². The number of hydrogen-bond donors (Lipinski definition) is 1. The third-order valence-electron chi connectivity index (χ3n) is 4.74. The Balaban J connectivity index is 1.67. The van der Waals surface area contributed by atoms with E-state index in [-0.39, 0.29) is 5.41 Å². The first-order valence-electron chi connectivity index (χ1n) is 6.79. The van der Waals surface area contributed by atoms with Crippen LogP contribution in [0, 0.1) is 11.3 Å². The summed E-state index contributed by atoms with van der Waals surface area (Å²) in [5.41, 5.74) is 1.51. The lowest BCUT2D eigenvalue weighted by molar-refractivity contribution is 0.111. The number of likely N-dealkylation sites (tertiary alicyclic amines) is 1. The summed E-state index contributed by atoms with van der Waals surface area (Å²) in [6.07, 6.45) is 3.78. The molecule has 1 aromatic carbocycles. The van der Waals surface area contributed by atoms with Crippen molar-refractivity contribution in [3.63, 3.8) is 0 Å². The minimum absolute atomic E-state index is 0.201. The SMILES string of the molecule is OCC12CCCC1CN(Cc1ccc(Cl)cc1)C2. The predicted molar refractivity (Wildman–Crippen MR) is 73.6 cm³/mol. The van der Waals surface area contributed by atoms with Gasteiger partial charge in [0, 0.05) is 30.1 Å². The lowest BCUT2D eigenvalue weighted by atomic mass is 9.82. The predicted octanol–water partition coefficient (Wildman–Crippen LogP) is 2.93. The summed E-state index contributed by atoms with van der Waals surface area (Å²) in [4.78, 5) is 2.49. The molecular formula is C15H20ClNO. The largest absolute Gasteiger partial charge is 0.396 e. The number of rotatable bonds is 3. The van der Waals surface area contributed by atoms with Gasteiger partial charge in [-0.25, -0.2) is 0 Å². The Hall–Kier alpha value is -0.570. The molecule has 1 aromatic rings. The summed E-state index contributed by atoms with van der Waals surface area (Å²) in [6, 6.07) is 8.11. The second-order valence-electron chi connectivity index (χ2n) is 5.91. The summed E-state index contributed by atoms with van der Waals surface area (Å²) in [5.74, 6) is 0.704. The molecule has 0 radical (unpaired) electrons. The zero-order valence-corrected chi connectivity index (χ0v) is 11.4. The molecule has 98 valence electrons. The van der Waals surface area contributed by atoms with Crippen LogP contribution in [0.25, 0.3) is 0 Å². The molecule has 2 fully saturated rings. The van der Waals surface area contributed by atoms with Crippen molar-refractivity contribution in [1.29, 1.82) is 0 Å². The van der Waals surface area contributed by atoms with E-state index in [2.05, 4.69) is 17.0 Å². The van der Waals surface area contributed by atoms with Crippen LogP contribution in [0.3, 0.4) is 0 Å². The van der Waals surface area contributed by atoms with Gasteiger partial charge in [0.25, 0.3) is 0 Å². The van der Waals surface area contributed by atoms with Crippen molar-refractivity contribution in [3.8, 4) is 0 Å². The molecule has 18 heavy (non-hydrogen) atoms. The molecule has 0 spiro atoms. The van der Waals surface area contributed by atoms with Gasteiger partial charge in [-0.15, -0.1) is 0 Å². The molecule has 2 nitrogen and oxygen atoms in total. The van der Waals surface area contributed by atoms with Crippen LogP contribution in [-0.4, -0.2) is 29.7 Å². The molecule has 1 aliphatic carbocycles. The maximum absolute atomic E-state index is 9.70. The number of fused-ring (bicyclic) bond motifs is 1. The third kappa shape index (κ3) is 2.18. The fourth-order valence-electron chi connectivity index (χ4n) is 3.75. The second kappa shape index (κ2) is 4.84. The van der Waals surface area contributed by atoms with Crippen molar-refractivity contribution in [1.82, 2.24) is 4.90 Å². The van der Waals surface area contributed by atoms with Gasteiger partial charge < -0.3 is 5.11 Å². The highest BCUT2D eigenvalue weighted by Gasteiger charge is 2.48. The van der Waals surface area contributed by atoms with Crippen LogP contribution in [0.2, 0.25) is 5.02 Å². The molecule has 1 heterocycles. The summed E-state index contributed by atoms with van der Waals surface area (Å²) < 4.78 is 0. The average Bonchev–Trinajstić information content (AvgIpc) is 2.89. The lowest BCUT2D eigenvalue weighted by Gasteiger charge is -2.26. The van der Waals surface area contributed by atoms with E-state index in [9.17, 15) is 5.11 Å². The van der Waals surface area contributed by atoms with Crippen molar-refractivity contribution < 1.29 is 5.11 Å². The monoisotopic (exact) mass is 265 g/mol. The molecule has 3 heteroatoms. The number of hydrogen-bond acceptors (Lipinski definition) is 2. The first-order valence-corrected chi connectivity index (χ1v) is 7.17. The van der Waals surface area contributed by atoms with Crippen LogP contribution in [-0.2, 0) is 6.54 Å². The molecule has 2 aliphatic rings. The Bertz CT molecular complexity index is 419. The Labute approximate surface area is 114 Å². The van der Waals surface area contributed by atoms with Gasteiger partial charge in [0.2, 0.25) is 0 Å². The minimum Gasteiger partial charge on any atom is -0.396 e. The number of aliphatic hydroxyl groups is 1. The van der Waals surface area contributed by atoms with E-state index in [1.807, 2.05) is 12.1 Å². The van der Waals surface area contributed by atoms with Crippen molar-refractivity contribution >= 4 is 11.6 Å². The van der Waals surface area contributed by atoms with Gasteiger partial charge in [-0.05, 0) is 36.5 Å². The molecule has 0 aromatic heterocycles. The summed E-state index contributed by atoms with van der Waals surface area (Å²) in [7, 11) is 0. The Morgan fingerprint density at radius 1 is 1.33 bits per heavy atom. The molecule has 1 saturated heterocycles. The van der Waals surface area contributed by atoms with Gasteiger partial charge in [0.15, 0.2) is 0 Å². The number of nitrogens with zero attached hydrogens (tertiary/aromatic N) is 1. The topological polar surface area (TPSA) is 23.5 Å². The molecular weight excluding hydrogens is 246 g/mol. The fraction of sp³-hybridized carbons (Fsp3) is 0.600. The first kappa shape index (κ1) is 12.5. The van der Waals surface area contributed by atoms with E-state index in [1.165, 1.54) is 24.8 Å². The quantitative estimate of drug-likeness (QED) is 0.908. The van der Waals surface area contributed by atoms with Crippen LogP contribution in [0.5, 0.6) is 0 Å². The zero-order chi connectivity index (χ0) is 12.6. The van der Waals surface area contributed by atoms with E-state index in [1.54, 1.807) is 0 Å². The van der Waals surface area contributed by atoms with Crippen LogP contribution < -0.4 is 0 Å². The maximum Gasteiger partial charge on any atom is 0.0502 e. The Morgan fingerprint density at radius 2 is 2.11 bits per heavy atom. The normalized spacial score (nSPS) is 31.8. The smallest absolute Gasteiger partial charge is 0.0502 e. The standard InChI is InChI=1S/C15H20ClNO/c16-14-5-3-12(4-6-14)8-17-9-13-2-1-7-15(13,10-17)11-18/h3-6,13,18H,1-2,7-11H2. The maximum atomic E-state index is 9.70. The molecule has 2 unspecified atom stereocenters. The summed E-state index contributed by atoms with van der Waals surface area (Å²) >= 11 is 5.90. The van der Waals surface area contributed by atoms with Crippen molar-refractivity contribution in [2.75, 3.05) is 19.7 Å². The van der Waals surface area contributed by atoms with E-state index in [4.69, 9.17) is 11.6 Å². The highest BCUT2D eigenvalue weighted by Crippen LogP contribution is 2.48. The highest BCUT2D eigenvalue weighted by atomic mass is 35.5. The van der Waals surface area contributed by atoms with Crippen molar-refractivity contribution in [2.45, 2.75) is 25.8 Å². The zero-order valence-electron chi connectivity index (χ0n) is 10.6. The Kier molecular flexibility index (Phi) is 3.35.